The third-order valence-electron chi connectivity index (χ3n) is 2.87. The Morgan fingerprint density at radius 3 is 2.50 bits per heavy atom. The van der Waals surface area contributed by atoms with Crippen molar-refractivity contribution < 1.29 is 9.84 Å². The van der Waals surface area contributed by atoms with E-state index in [1.807, 2.05) is 38.1 Å². The first-order valence-corrected chi connectivity index (χ1v) is 5.92. The monoisotopic (exact) mass is 243 g/mol. The van der Waals surface area contributed by atoms with Crippen LogP contribution in [-0.4, -0.2) is 10.1 Å². The molecule has 2 rings (SSSR count). The van der Waals surface area contributed by atoms with Crippen molar-refractivity contribution in [3.63, 3.8) is 0 Å². The number of aryl methyl sites for hydroxylation is 3. The van der Waals surface area contributed by atoms with Crippen LogP contribution in [0.25, 0.3) is 0 Å². The van der Waals surface area contributed by atoms with E-state index in [-0.39, 0.29) is 6.61 Å². The van der Waals surface area contributed by atoms with Crippen molar-refractivity contribution in [2.24, 2.45) is 0 Å². The predicted molar refractivity (Wildman–Crippen MR) is 70.9 cm³/mol. The van der Waals surface area contributed by atoms with Crippen LogP contribution in [0.1, 0.15) is 22.4 Å². The third-order valence-corrected chi connectivity index (χ3v) is 2.87. The second-order valence-electron chi connectivity index (χ2n) is 4.46. The number of pyridine rings is 1. The molecule has 18 heavy (non-hydrogen) atoms. The Morgan fingerprint density at radius 1 is 1.06 bits per heavy atom. The van der Waals surface area contributed by atoms with Gasteiger partial charge in [0, 0.05) is 11.8 Å². The van der Waals surface area contributed by atoms with E-state index < -0.39 is 0 Å². The van der Waals surface area contributed by atoms with Gasteiger partial charge in [-0.2, -0.15) is 0 Å². The predicted octanol–water partition coefficient (Wildman–Crippen LogP) is 3.29. The maximum absolute atomic E-state index is 9.15. The zero-order valence-corrected chi connectivity index (χ0v) is 10.9. The average molecular weight is 243 g/mol. The molecular formula is C15H17NO2. The molecular weight excluding hydrogens is 226 g/mol. The highest BCUT2D eigenvalue weighted by molar-refractivity contribution is 5.36. The van der Waals surface area contributed by atoms with Crippen molar-refractivity contribution in [1.82, 2.24) is 4.98 Å². The molecule has 2 aromatic rings. The van der Waals surface area contributed by atoms with Gasteiger partial charge in [-0.15, -0.1) is 0 Å². The van der Waals surface area contributed by atoms with Gasteiger partial charge >= 0.3 is 0 Å². The first-order valence-electron chi connectivity index (χ1n) is 5.92. The fourth-order valence-corrected chi connectivity index (χ4v) is 1.75. The first-order chi connectivity index (χ1) is 8.58. The molecule has 0 aliphatic carbocycles. The smallest absolute Gasteiger partial charge is 0.219 e. The maximum atomic E-state index is 9.15. The minimum absolute atomic E-state index is 0.00730. The molecule has 1 N–H and O–H groups in total. The quantitative estimate of drug-likeness (QED) is 0.899. The van der Waals surface area contributed by atoms with Gasteiger partial charge in [-0.3, -0.25) is 0 Å². The summed E-state index contributed by atoms with van der Waals surface area (Å²) in [5.41, 5.74) is 4.06. The summed E-state index contributed by atoms with van der Waals surface area (Å²) in [5.74, 6) is 1.28. The second-order valence-corrected chi connectivity index (χ2v) is 4.46. The van der Waals surface area contributed by atoms with E-state index in [1.165, 1.54) is 11.1 Å². The molecule has 0 atom stereocenters. The Labute approximate surface area is 107 Å². The topological polar surface area (TPSA) is 42.4 Å². The summed E-state index contributed by atoms with van der Waals surface area (Å²) in [6.07, 6.45) is 0. The normalized spacial score (nSPS) is 10.4. The minimum Gasteiger partial charge on any atom is -0.439 e. The van der Waals surface area contributed by atoms with E-state index >= 15 is 0 Å². The van der Waals surface area contributed by atoms with Crippen LogP contribution >= 0.6 is 0 Å². The lowest BCUT2D eigenvalue weighted by Gasteiger charge is -2.09. The van der Waals surface area contributed by atoms with Crippen molar-refractivity contribution in [2.75, 3.05) is 0 Å². The zero-order chi connectivity index (χ0) is 13.1. The van der Waals surface area contributed by atoms with Crippen LogP contribution in [0.3, 0.4) is 0 Å². The molecule has 3 heteroatoms. The first kappa shape index (κ1) is 12.6. The standard InChI is InChI=1S/C15H17NO2/c1-10-4-5-14(6-11(10)2)18-15-8-13(9-17)7-12(3)16-15/h4-8,17H,9H2,1-3H3. The summed E-state index contributed by atoms with van der Waals surface area (Å²) in [6.45, 7) is 5.98. The molecule has 0 bridgehead atoms. The number of hydrogen-bond donors (Lipinski definition) is 1. The zero-order valence-electron chi connectivity index (χ0n) is 10.9. The van der Waals surface area contributed by atoms with E-state index in [4.69, 9.17) is 9.84 Å². The summed E-state index contributed by atoms with van der Waals surface area (Å²) in [4.78, 5) is 4.30. The Balaban J connectivity index is 2.27. The Morgan fingerprint density at radius 2 is 1.83 bits per heavy atom. The summed E-state index contributed by atoms with van der Waals surface area (Å²) in [7, 11) is 0. The van der Waals surface area contributed by atoms with Gasteiger partial charge in [-0.05, 0) is 55.7 Å². The number of rotatable bonds is 3. The molecule has 0 aliphatic rings. The van der Waals surface area contributed by atoms with Gasteiger partial charge in [-0.25, -0.2) is 4.98 Å². The fraction of sp³-hybridized carbons (Fsp3) is 0.267. The fourth-order valence-electron chi connectivity index (χ4n) is 1.75. The Bertz CT molecular complexity index is 564. The third kappa shape index (κ3) is 2.87. The van der Waals surface area contributed by atoms with Crippen LogP contribution in [0.15, 0.2) is 30.3 Å². The van der Waals surface area contributed by atoms with Crippen LogP contribution in [0.5, 0.6) is 11.6 Å². The lowest BCUT2D eigenvalue weighted by atomic mass is 10.1. The van der Waals surface area contributed by atoms with Crippen LogP contribution < -0.4 is 4.74 Å². The van der Waals surface area contributed by atoms with Crippen molar-refractivity contribution >= 4 is 0 Å². The van der Waals surface area contributed by atoms with Crippen LogP contribution in [0.4, 0.5) is 0 Å². The molecule has 0 radical (unpaired) electrons. The molecule has 0 amide bonds. The maximum Gasteiger partial charge on any atom is 0.219 e. The molecule has 0 unspecified atom stereocenters. The summed E-state index contributed by atoms with van der Waals surface area (Å²) < 4.78 is 5.72. The second kappa shape index (κ2) is 5.19. The molecule has 94 valence electrons. The molecule has 0 spiro atoms. The number of benzene rings is 1. The largest absolute Gasteiger partial charge is 0.439 e. The van der Waals surface area contributed by atoms with Crippen molar-refractivity contribution in [3.8, 4) is 11.6 Å². The van der Waals surface area contributed by atoms with Gasteiger partial charge < -0.3 is 9.84 Å². The molecule has 0 saturated carbocycles. The van der Waals surface area contributed by atoms with Gasteiger partial charge in [0.25, 0.3) is 0 Å². The summed E-state index contributed by atoms with van der Waals surface area (Å²) >= 11 is 0. The number of aromatic nitrogens is 1. The SMILES string of the molecule is Cc1cc(CO)cc(Oc2ccc(C)c(C)c2)n1. The Kier molecular flexibility index (Phi) is 3.63. The van der Waals surface area contributed by atoms with Crippen molar-refractivity contribution in [2.45, 2.75) is 27.4 Å². The highest BCUT2D eigenvalue weighted by Crippen LogP contribution is 2.23. The molecule has 1 heterocycles. The van der Waals surface area contributed by atoms with Crippen molar-refractivity contribution in [3.05, 3.63) is 52.7 Å². The Hall–Kier alpha value is -1.87. The molecule has 0 fully saturated rings. The van der Waals surface area contributed by atoms with Gasteiger partial charge in [0.15, 0.2) is 0 Å². The molecule has 1 aromatic heterocycles. The highest BCUT2D eigenvalue weighted by Gasteiger charge is 2.03. The van der Waals surface area contributed by atoms with E-state index in [1.54, 1.807) is 6.07 Å². The van der Waals surface area contributed by atoms with Crippen LogP contribution in [0, 0.1) is 20.8 Å². The van der Waals surface area contributed by atoms with E-state index in [2.05, 4.69) is 11.9 Å². The number of hydrogen-bond acceptors (Lipinski definition) is 3. The summed E-state index contributed by atoms with van der Waals surface area (Å²) in [5, 5.41) is 9.15. The van der Waals surface area contributed by atoms with Crippen molar-refractivity contribution in [1.29, 1.82) is 0 Å². The molecule has 3 nitrogen and oxygen atoms in total. The van der Waals surface area contributed by atoms with Gasteiger partial charge in [0.05, 0.1) is 6.61 Å². The molecule has 1 aromatic carbocycles. The average Bonchev–Trinajstić information content (AvgIpc) is 2.33. The van der Waals surface area contributed by atoms with Gasteiger partial charge in [0.1, 0.15) is 5.75 Å². The number of nitrogens with zero attached hydrogens (tertiary/aromatic N) is 1. The number of aliphatic hydroxyl groups is 1. The highest BCUT2D eigenvalue weighted by atomic mass is 16.5. The van der Waals surface area contributed by atoms with E-state index in [9.17, 15) is 0 Å². The minimum atomic E-state index is -0.00730. The number of ether oxygens (including phenoxy) is 1. The van der Waals surface area contributed by atoms with E-state index in [0.29, 0.717) is 5.88 Å². The van der Waals surface area contributed by atoms with E-state index in [0.717, 1.165) is 17.0 Å². The van der Waals surface area contributed by atoms with Gasteiger partial charge in [0.2, 0.25) is 5.88 Å². The molecule has 0 aliphatic heterocycles. The lowest BCUT2D eigenvalue weighted by molar-refractivity contribution is 0.281. The van der Waals surface area contributed by atoms with Gasteiger partial charge in [-0.1, -0.05) is 6.07 Å². The van der Waals surface area contributed by atoms with Crippen LogP contribution in [-0.2, 0) is 6.61 Å². The number of aliphatic hydroxyl groups excluding tert-OH is 1. The summed E-state index contributed by atoms with van der Waals surface area (Å²) in [6, 6.07) is 9.52. The van der Waals surface area contributed by atoms with Crippen LogP contribution in [0.2, 0.25) is 0 Å². The molecule has 0 saturated heterocycles. The lowest BCUT2D eigenvalue weighted by Crippen LogP contribution is -1.94.